The molecule has 0 spiro atoms. The van der Waals surface area contributed by atoms with Crippen molar-refractivity contribution in [1.82, 2.24) is 0 Å². The van der Waals surface area contributed by atoms with Crippen LogP contribution in [0.4, 0.5) is 0 Å². The van der Waals surface area contributed by atoms with E-state index in [4.69, 9.17) is 18.9 Å². The molecule has 0 atom stereocenters. The van der Waals surface area contributed by atoms with E-state index >= 15 is 0 Å². The van der Waals surface area contributed by atoms with Crippen LogP contribution in [0.25, 0.3) is 75.4 Å². The Morgan fingerprint density at radius 2 is 0.614 bits per heavy atom. The highest BCUT2D eigenvalue weighted by Crippen LogP contribution is 2.53. The summed E-state index contributed by atoms with van der Waals surface area (Å²) < 4.78 is 20.1. The van der Waals surface area contributed by atoms with Gasteiger partial charge in [-0.2, -0.15) is 0 Å². The fourth-order valence-corrected chi connectivity index (χ4v) is 7.16. The van der Waals surface area contributed by atoms with Gasteiger partial charge >= 0.3 is 23.9 Å². The molecule has 0 fully saturated rings. The fourth-order valence-electron chi connectivity index (χ4n) is 7.16. The van der Waals surface area contributed by atoms with Gasteiger partial charge in [0.2, 0.25) is 0 Å². The van der Waals surface area contributed by atoms with Crippen LogP contribution in [0, 0.1) is 0 Å². The summed E-state index contributed by atoms with van der Waals surface area (Å²) in [6, 6.07) is 19.0. The van der Waals surface area contributed by atoms with E-state index in [0.717, 1.165) is 75.4 Å². The molecule has 0 aliphatic heterocycles. The van der Waals surface area contributed by atoms with E-state index in [1.807, 2.05) is 24.3 Å². The molecule has 0 bridgehead atoms. The molecular weight excluding hydrogens is 560 g/mol. The van der Waals surface area contributed by atoms with Gasteiger partial charge in [-0.15, -0.1) is 0 Å². The number of ether oxygens (including phenoxy) is 4. The summed E-state index contributed by atoms with van der Waals surface area (Å²) in [4.78, 5) is 51.4. The van der Waals surface area contributed by atoms with Gasteiger partial charge in [-0.05, 0) is 99.7 Å². The summed E-state index contributed by atoms with van der Waals surface area (Å²) in [5.74, 6) is -2.54. The minimum atomic E-state index is -0.639. The molecule has 44 heavy (non-hydrogen) atoms. The second-order valence-electron chi connectivity index (χ2n) is 10.8. The van der Waals surface area contributed by atoms with Crippen molar-refractivity contribution < 1.29 is 38.1 Å². The smallest absolute Gasteiger partial charge is 0.338 e. The van der Waals surface area contributed by atoms with Gasteiger partial charge in [0, 0.05) is 0 Å². The van der Waals surface area contributed by atoms with Crippen LogP contribution in [-0.2, 0) is 18.9 Å². The van der Waals surface area contributed by atoms with Crippen LogP contribution in [0.3, 0.4) is 0 Å². The van der Waals surface area contributed by atoms with Crippen molar-refractivity contribution in [3.05, 3.63) is 82.9 Å². The lowest BCUT2D eigenvalue weighted by Crippen LogP contribution is -2.12. The number of esters is 4. The molecule has 0 aromatic heterocycles. The van der Waals surface area contributed by atoms with Gasteiger partial charge in [0.1, 0.15) is 0 Å². The van der Waals surface area contributed by atoms with Gasteiger partial charge in [-0.25, -0.2) is 19.2 Å². The van der Waals surface area contributed by atoms with E-state index in [1.54, 1.807) is 24.3 Å². The SMILES string of the molecule is COC(=O)c1cc2c(cc1C(=O)OC)c1ccc3c4cc(C(=O)OC)c(C(=O)OC)cc4c4ccc5ccc2c2c5c4c3c12. The Morgan fingerprint density at radius 1 is 0.364 bits per heavy atom. The van der Waals surface area contributed by atoms with E-state index in [1.165, 1.54) is 28.4 Å². The Kier molecular flexibility index (Phi) is 5.23. The number of carbonyl (C=O) groups excluding carboxylic acids is 4. The largest absolute Gasteiger partial charge is 0.465 e. The van der Waals surface area contributed by atoms with Crippen molar-refractivity contribution in [3.63, 3.8) is 0 Å². The fraction of sp³-hybridized carbons (Fsp3) is 0.111. The molecule has 0 N–H and O–H groups in total. The number of carbonyl (C=O) groups is 4. The van der Waals surface area contributed by atoms with Crippen molar-refractivity contribution in [2.24, 2.45) is 0 Å². The van der Waals surface area contributed by atoms with Crippen molar-refractivity contribution in [2.45, 2.75) is 0 Å². The first-order valence-corrected chi connectivity index (χ1v) is 13.8. The predicted octanol–water partition coefficient (Wildman–Crippen LogP) is 7.22. The van der Waals surface area contributed by atoms with Crippen molar-refractivity contribution in [2.75, 3.05) is 28.4 Å². The maximum Gasteiger partial charge on any atom is 0.338 e. The first-order valence-electron chi connectivity index (χ1n) is 13.8. The highest BCUT2D eigenvalue weighted by molar-refractivity contribution is 6.51. The Morgan fingerprint density at radius 3 is 0.886 bits per heavy atom. The van der Waals surface area contributed by atoms with Crippen molar-refractivity contribution >= 4 is 99.3 Å². The third kappa shape index (κ3) is 3.06. The maximum absolute atomic E-state index is 12.9. The Labute approximate surface area is 248 Å². The Bertz CT molecular complexity index is 2390. The highest BCUT2D eigenvalue weighted by atomic mass is 16.5. The van der Waals surface area contributed by atoms with E-state index in [9.17, 15) is 19.2 Å². The summed E-state index contributed by atoms with van der Waals surface area (Å²) in [6.45, 7) is 0. The van der Waals surface area contributed by atoms with Gasteiger partial charge in [0.25, 0.3) is 0 Å². The molecule has 0 aliphatic rings. The van der Waals surface area contributed by atoms with Gasteiger partial charge in [0.05, 0.1) is 50.7 Å². The van der Waals surface area contributed by atoms with Crippen LogP contribution in [0.1, 0.15) is 41.4 Å². The molecule has 8 heteroatoms. The number of benzene rings is 7. The number of hydrogen-bond acceptors (Lipinski definition) is 8. The predicted molar refractivity (Wildman–Crippen MR) is 168 cm³/mol. The number of fused-ring (bicyclic) bond motifs is 6. The molecule has 8 aromatic carbocycles. The van der Waals surface area contributed by atoms with E-state index in [0.29, 0.717) is 0 Å². The number of rotatable bonds is 4. The lowest BCUT2D eigenvalue weighted by Gasteiger charge is -2.15. The lowest BCUT2D eigenvalue weighted by atomic mass is 9.89. The van der Waals surface area contributed by atoms with Gasteiger partial charge in [0.15, 0.2) is 0 Å². The topological polar surface area (TPSA) is 105 Å². The Balaban J connectivity index is 1.64. The molecule has 0 unspecified atom stereocenters. The Hall–Kier alpha value is -5.76. The quantitative estimate of drug-likeness (QED) is 0.122. The van der Waals surface area contributed by atoms with Crippen LogP contribution in [0.15, 0.2) is 60.7 Å². The van der Waals surface area contributed by atoms with Gasteiger partial charge in [-0.3, -0.25) is 0 Å². The molecule has 8 nitrogen and oxygen atoms in total. The molecule has 8 rings (SSSR count). The van der Waals surface area contributed by atoms with Crippen molar-refractivity contribution in [3.8, 4) is 0 Å². The molecule has 0 radical (unpaired) electrons. The minimum Gasteiger partial charge on any atom is -0.465 e. The third-order valence-electron chi connectivity index (χ3n) is 8.99. The van der Waals surface area contributed by atoms with Gasteiger partial charge in [-0.1, -0.05) is 36.4 Å². The zero-order valence-electron chi connectivity index (χ0n) is 24.0. The molecule has 0 amide bonds. The maximum atomic E-state index is 12.9. The van der Waals surface area contributed by atoms with Crippen LogP contribution in [-0.4, -0.2) is 52.3 Å². The number of methoxy groups -OCH3 is 4. The molecule has 214 valence electrons. The van der Waals surface area contributed by atoms with E-state index in [-0.39, 0.29) is 22.3 Å². The first-order chi connectivity index (χ1) is 21.3. The lowest BCUT2D eigenvalue weighted by molar-refractivity contribution is 0.0555. The molecule has 0 saturated carbocycles. The molecule has 8 aromatic rings. The molecule has 0 aliphatic carbocycles. The normalized spacial score (nSPS) is 12.0. The first kappa shape index (κ1) is 25.9. The monoisotopic (exact) mass is 582 g/mol. The summed E-state index contributed by atoms with van der Waals surface area (Å²) >= 11 is 0. The summed E-state index contributed by atoms with van der Waals surface area (Å²) in [7, 11) is 5.11. The second kappa shape index (κ2) is 8.87. The number of hydrogen-bond donors (Lipinski definition) is 0. The van der Waals surface area contributed by atoms with E-state index in [2.05, 4.69) is 12.1 Å². The zero-order valence-corrected chi connectivity index (χ0v) is 24.0. The van der Waals surface area contributed by atoms with Gasteiger partial charge < -0.3 is 18.9 Å². The van der Waals surface area contributed by atoms with Crippen LogP contribution < -0.4 is 0 Å². The van der Waals surface area contributed by atoms with E-state index < -0.39 is 23.9 Å². The van der Waals surface area contributed by atoms with Crippen LogP contribution >= 0.6 is 0 Å². The molecule has 0 saturated heterocycles. The second-order valence-corrected chi connectivity index (χ2v) is 10.8. The summed E-state index contributed by atoms with van der Waals surface area (Å²) in [5.41, 5.74) is 0.486. The average molecular weight is 583 g/mol. The standard InChI is InChI=1S/C36H22O8/c1-41-33(37)24-11-20-16-7-5-15-6-8-17-21-12-25(34(38)42-2)27(36(40)44-4)14-23(21)19-10-9-18(22(20)13-26(24)35(39)43-3)31-29(16)28(15)30(17)32(19)31/h5-14H,1-4H3. The zero-order chi connectivity index (χ0) is 30.6. The molecular formula is C36H22O8. The molecule has 0 heterocycles. The summed E-state index contributed by atoms with van der Waals surface area (Å²) in [5, 5.41) is 13.1. The van der Waals surface area contributed by atoms with Crippen LogP contribution in [0.2, 0.25) is 0 Å². The third-order valence-corrected chi connectivity index (χ3v) is 8.99. The average Bonchev–Trinajstić information content (AvgIpc) is 3.43. The van der Waals surface area contributed by atoms with Crippen molar-refractivity contribution in [1.29, 1.82) is 0 Å². The van der Waals surface area contributed by atoms with Crippen LogP contribution in [0.5, 0.6) is 0 Å². The highest BCUT2D eigenvalue weighted by Gasteiger charge is 2.28. The minimum absolute atomic E-state index is 0.118. The summed E-state index contributed by atoms with van der Waals surface area (Å²) in [6.07, 6.45) is 0.